The van der Waals surface area contributed by atoms with Crippen LogP contribution in [-0.4, -0.2) is 18.4 Å². The Kier molecular flexibility index (Phi) is 6.21. The lowest BCUT2D eigenvalue weighted by atomic mass is 10.1. The van der Waals surface area contributed by atoms with Crippen LogP contribution in [0.3, 0.4) is 0 Å². The Bertz CT molecular complexity index is 1160. The molecule has 0 aliphatic carbocycles. The van der Waals surface area contributed by atoms with Gasteiger partial charge in [-0.15, -0.1) is 0 Å². The number of aromatic nitrogens is 2. The number of sulfonamides is 1. The SMILES string of the molecule is NS(=O)(=O)c1ccc(-c2ncc(Br)nc2OCc2cccc(F)c2)c(Cl)c1Cl. The molecule has 0 spiro atoms. The third-order valence-corrected chi connectivity index (χ3v) is 5.91. The summed E-state index contributed by atoms with van der Waals surface area (Å²) in [5, 5.41) is 4.83. The first-order valence-electron chi connectivity index (χ1n) is 7.58. The van der Waals surface area contributed by atoms with Crippen molar-refractivity contribution in [3.8, 4) is 17.1 Å². The molecule has 11 heteroatoms. The second kappa shape index (κ2) is 8.30. The summed E-state index contributed by atoms with van der Waals surface area (Å²) in [6, 6.07) is 8.53. The summed E-state index contributed by atoms with van der Waals surface area (Å²) in [6.45, 7) is 0.0243. The number of hydrogen-bond donors (Lipinski definition) is 1. The first-order chi connectivity index (χ1) is 13.2. The van der Waals surface area contributed by atoms with E-state index in [0.29, 0.717) is 15.7 Å². The molecule has 2 N–H and O–H groups in total. The molecular formula is C17H11BrCl2FN3O3S. The molecule has 6 nitrogen and oxygen atoms in total. The van der Waals surface area contributed by atoms with E-state index < -0.39 is 15.8 Å². The molecule has 0 aliphatic rings. The van der Waals surface area contributed by atoms with Crippen LogP contribution in [0, 0.1) is 5.82 Å². The minimum Gasteiger partial charge on any atom is -0.471 e. The van der Waals surface area contributed by atoms with Crippen LogP contribution in [0.1, 0.15) is 5.56 Å². The van der Waals surface area contributed by atoms with E-state index in [-0.39, 0.29) is 33.1 Å². The summed E-state index contributed by atoms with van der Waals surface area (Å²) in [7, 11) is -4.05. The van der Waals surface area contributed by atoms with Crippen LogP contribution in [0.2, 0.25) is 10.0 Å². The molecule has 0 saturated heterocycles. The molecule has 0 radical (unpaired) electrons. The molecule has 0 amide bonds. The fourth-order valence-electron chi connectivity index (χ4n) is 2.35. The van der Waals surface area contributed by atoms with Crippen molar-refractivity contribution < 1.29 is 17.5 Å². The molecule has 0 unspecified atom stereocenters. The van der Waals surface area contributed by atoms with Crippen molar-refractivity contribution in [3.05, 3.63) is 68.6 Å². The van der Waals surface area contributed by atoms with Gasteiger partial charge in [0.2, 0.25) is 15.9 Å². The first kappa shape index (κ1) is 20.9. The average molecular weight is 507 g/mol. The summed E-state index contributed by atoms with van der Waals surface area (Å²) in [6.07, 6.45) is 1.42. The topological polar surface area (TPSA) is 95.2 Å². The smallest absolute Gasteiger partial charge is 0.242 e. The van der Waals surface area contributed by atoms with Gasteiger partial charge in [-0.05, 0) is 45.8 Å². The molecule has 0 fully saturated rings. The average Bonchev–Trinajstić information content (AvgIpc) is 2.62. The van der Waals surface area contributed by atoms with Gasteiger partial charge in [0.1, 0.15) is 27.6 Å². The van der Waals surface area contributed by atoms with E-state index in [1.165, 1.54) is 30.5 Å². The largest absolute Gasteiger partial charge is 0.471 e. The second-order valence-electron chi connectivity index (χ2n) is 5.55. The monoisotopic (exact) mass is 505 g/mol. The van der Waals surface area contributed by atoms with Gasteiger partial charge in [-0.2, -0.15) is 0 Å². The minimum atomic E-state index is -4.05. The molecule has 146 valence electrons. The number of nitrogens with two attached hydrogens (primary N) is 1. The van der Waals surface area contributed by atoms with Gasteiger partial charge in [0.05, 0.1) is 16.2 Å². The van der Waals surface area contributed by atoms with Crippen molar-refractivity contribution in [2.24, 2.45) is 5.14 Å². The quantitative estimate of drug-likeness (QED) is 0.546. The van der Waals surface area contributed by atoms with Crippen molar-refractivity contribution in [2.75, 3.05) is 0 Å². The van der Waals surface area contributed by atoms with Gasteiger partial charge in [-0.25, -0.2) is 27.9 Å². The van der Waals surface area contributed by atoms with E-state index in [0.717, 1.165) is 0 Å². The third kappa shape index (κ3) is 4.61. The highest BCUT2D eigenvalue weighted by Gasteiger charge is 2.22. The predicted molar refractivity (Wildman–Crippen MR) is 107 cm³/mol. The van der Waals surface area contributed by atoms with Gasteiger partial charge in [0.25, 0.3) is 0 Å². The molecule has 1 aromatic heterocycles. The fraction of sp³-hybridized carbons (Fsp3) is 0.0588. The van der Waals surface area contributed by atoms with E-state index >= 15 is 0 Å². The highest BCUT2D eigenvalue weighted by atomic mass is 79.9. The van der Waals surface area contributed by atoms with Gasteiger partial charge < -0.3 is 4.74 Å². The van der Waals surface area contributed by atoms with Crippen LogP contribution >= 0.6 is 39.1 Å². The maximum absolute atomic E-state index is 13.4. The van der Waals surface area contributed by atoms with Crippen LogP contribution < -0.4 is 9.88 Å². The number of primary sulfonamides is 1. The van der Waals surface area contributed by atoms with Crippen molar-refractivity contribution in [1.82, 2.24) is 9.97 Å². The Labute approximate surface area is 178 Å². The molecule has 0 bridgehead atoms. The van der Waals surface area contributed by atoms with E-state index in [1.807, 2.05) is 0 Å². The Hall–Kier alpha value is -1.78. The minimum absolute atomic E-state index is 0.0243. The van der Waals surface area contributed by atoms with Crippen LogP contribution in [0.5, 0.6) is 5.88 Å². The molecule has 0 atom stereocenters. The molecule has 3 aromatic rings. The summed E-state index contributed by atoms with van der Waals surface area (Å²) >= 11 is 15.5. The summed E-state index contributed by atoms with van der Waals surface area (Å²) in [4.78, 5) is 8.15. The molecule has 1 heterocycles. The highest BCUT2D eigenvalue weighted by molar-refractivity contribution is 9.10. The van der Waals surface area contributed by atoms with E-state index in [4.69, 9.17) is 33.1 Å². The number of hydrogen-bond acceptors (Lipinski definition) is 5. The zero-order valence-corrected chi connectivity index (χ0v) is 17.8. The number of benzene rings is 2. The molecule has 3 rings (SSSR count). The van der Waals surface area contributed by atoms with Crippen LogP contribution in [0.4, 0.5) is 4.39 Å². The second-order valence-corrected chi connectivity index (χ2v) is 8.65. The molecule has 28 heavy (non-hydrogen) atoms. The first-order valence-corrected chi connectivity index (χ1v) is 10.7. The van der Waals surface area contributed by atoms with Gasteiger partial charge in [0.15, 0.2) is 0 Å². The molecule has 2 aromatic carbocycles. The number of rotatable bonds is 5. The van der Waals surface area contributed by atoms with E-state index in [1.54, 1.807) is 12.1 Å². The van der Waals surface area contributed by atoms with Gasteiger partial charge in [-0.1, -0.05) is 35.3 Å². The van der Waals surface area contributed by atoms with Crippen molar-refractivity contribution in [2.45, 2.75) is 11.5 Å². The summed E-state index contributed by atoms with van der Waals surface area (Å²) in [5.74, 6) is -0.296. The molecule has 0 aliphatic heterocycles. The zero-order chi connectivity index (χ0) is 20.5. The van der Waals surface area contributed by atoms with Crippen LogP contribution in [-0.2, 0) is 16.6 Å². The Morgan fingerprint density at radius 1 is 1.18 bits per heavy atom. The fourth-order valence-corrected chi connectivity index (χ4v) is 4.02. The van der Waals surface area contributed by atoms with Crippen molar-refractivity contribution in [3.63, 3.8) is 0 Å². The van der Waals surface area contributed by atoms with Gasteiger partial charge in [0, 0.05) is 5.56 Å². The Morgan fingerprint density at radius 2 is 1.93 bits per heavy atom. The predicted octanol–water partition coefficient (Wildman–Crippen LogP) is 4.58. The Balaban J connectivity index is 2.02. The van der Waals surface area contributed by atoms with Crippen LogP contribution in [0.15, 0.2) is 52.1 Å². The molecular weight excluding hydrogens is 496 g/mol. The maximum atomic E-state index is 13.4. The van der Waals surface area contributed by atoms with E-state index in [2.05, 4.69) is 25.9 Å². The molecule has 0 saturated carbocycles. The number of nitrogens with zero attached hydrogens (tertiary/aromatic N) is 2. The lowest BCUT2D eigenvalue weighted by Crippen LogP contribution is -2.13. The zero-order valence-electron chi connectivity index (χ0n) is 13.9. The summed E-state index contributed by atoms with van der Waals surface area (Å²) < 4.78 is 42.6. The van der Waals surface area contributed by atoms with Crippen LogP contribution in [0.25, 0.3) is 11.3 Å². The lowest BCUT2D eigenvalue weighted by Gasteiger charge is -2.13. The maximum Gasteiger partial charge on any atom is 0.242 e. The normalized spacial score (nSPS) is 11.5. The van der Waals surface area contributed by atoms with Crippen molar-refractivity contribution in [1.29, 1.82) is 0 Å². The van der Waals surface area contributed by atoms with Gasteiger partial charge >= 0.3 is 0 Å². The van der Waals surface area contributed by atoms with Crippen molar-refractivity contribution >= 4 is 49.2 Å². The number of halogens is 4. The summed E-state index contributed by atoms with van der Waals surface area (Å²) in [5.41, 5.74) is 1.11. The number of ether oxygens (including phenoxy) is 1. The van der Waals surface area contributed by atoms with E-state index in [9.17, 15) is 12.8 Å². The Morgan fingerprint density at radius 3 is 2.61 bits per heavy atom. The lowest BCUT2D eigenvalue weighted by molar-refractivity contribution is 0.293. The highest BCUT2D eigenvalue weighted by Crippen LogP contribution is 2.39. The third-order valence-electron chi connectivity index (χ3n) is 3.58. The standard InChI is InChI=1S/C17H11BrCl2FN3O3S/c18-13-7-23-16(11-4-5-12(28(22,25)26)15(20)14(11)19)17(24-13)27-8-9-2-1-3-10(21)6-9/h1-7H,8H2,(H2,22,25,26). The van der Waals surface area contributed by atoms with Gasteiger partial charge in [-0.3, -0.25) is 0 Å².